The summed E-state index contributed by atoms with van der Waals surface area (Å²) >= 11 is 1.61. The van der Waals surface area contributed by atoms with Gasteiger partial charge < -0.3 is 14.9 Å². The monoisotopic (exact) mass is 164 g/mol. The van der Waals surface area contributed by atoms with Gasteiger partial charge in [-0.05, 0) is 6.26 Å². The highest BCUT2D eigenvalue weighted by Crippen LogP contribution is 2.20. The van der Waals surface area contributed by atoms with E-state index in [9.17, 15) is 5.11 Å². The number of hydrogen-bond donors (Lipinski definition) is 2. The third kappa shape index (κ3) is 1.85. The Bertz CT molecular complexity index is 109. The van der Waals surface area contributed by atoms with Crippen LogP contribution in [-0.2, 0) is 4.74 Å². The van der Waals surface area contributed by atoms with Crippen molar-refractivity contribution in [3.63, 3.8) is 0 Å². The van der Waals surface area contributed by atoms with Gasteiger partial charge in [-0.2, -0.15) is 11.8 Å². The van der Waals surface area contributed by atoms with Crippen LogP contribution in [0.1, 0.15) is 6.42 Å². The lowest BCUT2D eigenvalue weighted by atomic mass is 10.2. The summed E-state index contributed by atoms with van der Waals surface area (Å²) in [5.41, 5.74) is 0. The smallest absolute Gasteiger partial charge is 0.157 e. The van der Waals surface area contributed by atoms with Crippen molar-refractivity contribution in [2.75, 3.05) is 12.0 Å². The topological polar surface area (TPSA) is 49.7 Å². The van der Waals surface area contributed by atoms with E-state index >= 15 is 0 Å². The van der Waals surface area contributed by atoms with Gasteiger partial charge in [-0.25, -0.2) is 0 Å². The van der Waals surface area contributed by atoms with Gasteiger partial charge in [0, 0.05) is 12.2 Å². The molecule has 1 fully saturated rings. The molecular weight excluding hydrogens is 152 g/mol. The number of hydrogen-bond acceptors (Lipinski definition) is 4. The molecule has 0 bridgehead atoms. The highest BCUT2D eigenvalue weighted by atomic mass is 32.2. The van der Waals surface area contributed by atoms with Crippen LogP contribution in [0.4, 0.5) is 0 Å². The molecular formula is C6H12O3S. The lowest BCUT2D eigenvalue weighted by molar-refractivity contribution is -0.0874. The molecule has 0 aromatic carbocycles. The number of ether oxygens (including phenoxy) is 1. The molecule has 0 saturated carbocycles. The van der Waals surface area contributed by atoms with Crippen molar-refractivity contribution >= 4 is 11.8 Å². The molecule has 1 aliphatic heterocycles. The largest absolute Gasteiger partial charge is 0.390 e. The van der Waals surface area contributed by atoms with E-state index in [0.717, 1.165) is 5.75 Å². The summed E-state index contributed by atoms with van der Waals surface area (Å²) in [4.78, 5) is 0. The molecule has 0 unspecified atom stereocenters. The van der Waals surface area contributed by atoms with Gasteiger partial charge in [0.2, 0.25) is 0 Å². The summed E-state index contributed by atoms with van der Waals surface area (Å²) in [6.45, 7) is 0. The second-order valence-electron chi connectivity index (χ2n) is 2.39. The van der Waals surface area contributed by atoms with Crippen LogP contribution in [0.2, 0.25) is 0 Å². The molecule has 1 heterocycles. The van der Waals surface area contributed by atoms with Gasteiger partial charge in [0.1, 0.15) is 0 Å². The summed E-state index contributed by atoms with van der Waals surface area (Å²) in [5, 5.41) is 18.1. The second-order valence-corrected chi connectivity index (χ2v) is 3.30. The number of rotatable bonds is 2. The molecule has 1 rings (SSSR count). The first-order chi connectivity index (χ1) is 4.74. The van der Waals surface area contributed by atoms with Gasteiger partial charge >= 0.3 is 0 Å². The fourth-order valence-electron chi connectivity index (χ4n) is 1.02. The van der Waals surface area contributed by atoms with Crippen molar-refractivity contribution < 1.29 is 14.9 Å². The molecule has 0 aromatic heterocycles. The predicted octanol–water partition coefficient (Wildman–Crippen LogP) is -0.182. The molecule has 0 aliphatic carbocycles. The van der Waals surface area contributed by atoms with E-state index in [0.29, 0.717) is 6.42 Å². The maximum absolute atomic E-state index is 9.19. The van der Waals surface area contributed by atoms with Crippen molar-refractivity contribution in [2.24, 2.45) is 0 Å². The highest BCUT2D eigenvalue weighted by Gasteiger charge is 2.31. The number of aliphatic hydroxyl groups is 2. The van der Waals surface area contributed by atoms with Gasteiger partial charge in [-0.15, -0.1) is 0 Å². The average Bonchev–Trinajstić information content (AvgIpc) is 2.13. The fourth-order valence-corrected chi connectivity index (χ4v) is 1.65. The van der Waals surface area contributed by atoms with Crippen LogP contribution in [0.5, 0.6) is 0 Å². The van der Waals surface area contributed by atoms with Crippen molar-refractivity contribution in [1.29, 1.82) is 0 Å². The molecule has 60 valence electrons. The van der Waals surface area contributed by atoms with E-state index in [1.165, 1.54) is 0 Å². The van der Waals surface area contributed by atoms with Crippen LogP contribution < -0.4 is 0 Å². The zero-order valence-electron chi connectivity index (χ0n) is 5.86. The Labute approximate surface area is 64.4 Å². The van der Waals surface area contributed by atoms with E-state index < -0.39 is 12.4 Å². The molecule has 3 atom stereocenters. The third-order valence-corrected chi connectivity index (χ3v) is 2.20. The molecule has 4 heteroatoms. The molecule has 1 aliphatic rings. The van der Waals surface area contributed by atoms with Crippen molar-refractivity contribution in [3.8, 4) is 0 Å². The molecule has 2 N–H and O–H groups in total. The van der Waals surface area contributed by atoms with E-state index in [1.54, 1.807) is 11.8 Å². The molecule has 0 radical (unpaired) electrons. The van der Waals surface area contributed by atoms with E-state index in [4.69, 9.17) is 9.84 Å². The third-order valence-electron chi connectivity index (χ3n) is 1.54. The minimum atomic E-state index is -0.757. The minimum absolute atomic E-state index is 0.176. The van der Waals surface area contributed by atoms with Gasteiger partial charge in [0.15, 0.2) is 6.29 Å². The lowest BCUT2D eigenvalue weighted by Crippen LogP contribution is -2.23. The lowest BCUT2D eigenvalue weighted by Gasteiger charge is -2.10. The predicted molar refractivity (Wildman–Crippen MR) is 39.9 cm³/mol. The summed E-state index contributed by atoms with van der Waals surface area (Å²) in [7, 11) is 0. The molecule has 3 nitrogen and oxygen atoms in total. The SMILES string of the molecule is CSC[C@H]1O[C@@H](O)C[C@@H]1O. The summed E-state index contributed by atoms with van der Waals surface area (Å²) in [5.74, 6) is 0.748. The van der Waals surface area contributed by atoms with E-state index in [-0.39, 0.29) is 6.10 Å². The Morgan fingerprint density at radius 2 is 2.30 bits per heavy atom. The van der Waals surface area contributed by atoms with E-state index in [2.05, 4.69) is 0 Å². The number of aliphatic hydroxyl groups excluding tert-OH is 2. The fraction of sp³-hybridized carbons (Fsp3) is 1.00. The zero-order chi connectivity index (χ0) is 7.56. The number of thioether (sulfide) groups is 1. The van der Waals surface area contributed by atoms with Crippen LogP contribution in [0.15, 0.2) is 0 Å². The molecule has 0 aromatic rings. The van der Waals surface area contributed by atoms with Gasteiger partial charge in [0.25, 0.3) is 0 Å². The molecule has 1 saturated heterocycles. The van der Waals surface area contributed by atoms with Crippen LogP contribution in [0, 0.1) is 0 Å². The standard InChI is InChI=1S/C6H12O3S/c1-10-3-5-4(7)2-6(8)9-5/h4-8H,2-3H2,1H3/t4-,5+,6+/m0/s1. The van der Waals surface area contributed by atoms with Crippen LogP contribution >= 0.6 is 11.8 Å². The normalized spacial score (nSPS) is 40.5. The van der Waals surface area contributed by atoms with Crippen molar-refractivity contribution in [1.82, 2.24) is 0 Å². The Balaban J connectivity index is 2.31. The Kier molecular flexibility index (Phi) is 2.97. The quantitative estimate of drug-likeness (QED) is 0.594. The maximum Gasteiger partial charge on any atom is 0.157 e. The molecule has 0 amide bonds. The summed E-state index contributed by atoms with van der Waals surface area (Å²) in [6.07, 6.45) is 0.881. The first-order valence-electron chi connectivity index (χ1n) is 3.24. The average molecular weight is 164 g/mol. The van der Waals surface area contributed by atoms with Crippen molar-refractivity contribution in [2.45, 2.75) is 24.9 Å². The highest BCUT2D eigenvalue weighted by molar-refractivity contribution is 7.98. The first-order valence-corrected chi connectivity index (χ1v) is 4.64. The second kappa shape index (κ2) is 3.57. The molecule has 0 spiro atoms. The van der Waals surface area contributed by atoms with Gasteiger partial charge in [-0.3, -0.25) is 0 Å². The Morgan fingerprint density at radius 3 is 2.70 bits per heavy atom. The van der Waals surface area contributed by atoms with Gasteiger partial charge in [-0.1, -0.05) is 0 Å². The maximum atomic E-state index is 9.19. The van der Waals surface area contributed by atoms with Crippen LogP contribution in [-0.4, -0.2) is 40.7 Å². The van der Waals surface area contributed by atoms with Crippen molar-refractivity contribution in [3.05, 3.63) is 0 Å². The first kappa shape index (κ1) is 8.33. The molecule has 10 heavy (non-hydrogen) atoms. The van der Waals surface area contributed by atoms with Crippen LogP contribution in [0.25, 0.3) is 0 Å². The summed E-state index contributed by atoms with van der Waals surface area (Å²) in [6, 6.07) is 0. The van der Waals surface area contributed by atoms with E-state index in [1.807, 2.05) is 6.26 Å². The minimum Gasteiger partial charge on any atom is -0.390 e. The van der Waals surface area contributed by atoms with Crippen LogP contribution in [0.3, 0.4) is 0 Å². The van der Waals surface area contributed by atoms with Gasteiger partial charge in [0.05, 0.1) is 12.2 Å². The summed E-state index contributed by atoms with van der Waals surface area (Å²) < 4.78 is 5.00. The Morgan fingerprint density at radius 1 is 1.60 bits per heavy atom. The zero-order valence-corrected chi connectivity index (χ0v) is 6.67. The Hall–Kier alpha value is 0.230.